The molecule has 2 aromatic carbocycles. The van der Waals surface area contributed by atoms with Gasteiger partial charge in [-0.25, -0.2) is 4.98 Å². The van der Waals surface area contributed by atoms with Gasteiger partial charge in [0.05, 0.1) is 17.1 Å². The quantitative estimate of drug-likeness (QED) is 0.703. The Morgan fingerprint density at radius 1 is 1.20 bits per heavy atom. The normalized spacial score (nSPS) is 12.1. The van der Waals surface area contributed by atoms with Crippen LogP contribution in [0.25, 0.3) is 11.0 Å². The van der Waals surface area contributed by atoms with Crippen molar-refractivity contribution in [1.29, 1.82) is 0 Å². The Bertz CT molecular complexity index is 939. The minimum atomic E-state index is -0.209. The second-order valence-electron chi connectivity index (χ2n) is 6.51. The molecule has 0 spiro atoms. The monoisotopic (exact) mass is 333 g/mol. The number of amides is 1. The smallest absolute Gasteiger partial charge is 0.252 e. The Balaban J connectivity index is 1.94. The molecule has 128 valence electrons. The summed E-state index contributed by atoms with van der Waals surface area (Å²) < 4.78 is 2.13. The summed E-state index contributed by atoms with van der Waals surface area (Å²) in [6.45, 7) is 10.6. The van der Waals surface area contributed by atoms with Crippen LogP contribution in [0.1, 0.15) is 41.6 Å². The van der Waals surface area contributed by atoms with Crippen LogP contribution in [0.15, 0.2) is 60.7 Å². The van der Waals surface area contributed by atoms with Crippen molar-refractivity contribution in [1.82, 2.24) is 14.9 Å². The molecule has 4 nitrogen and oxygen atoms in total. The number of aromatic nitrogens is 2. The zero-order valence-electron chi connectivity index (χ0n) is 14.9. The summed E-state index contributed by atoms with van der Waals surface area (Å²) >= 11 is 0. The van der Waals surface area contributed by atoms with Crippen LogP contribution >= 0.6 is 0 Å². The molecule has 0 aliphatic rings. The summed E-state index contributed by atoms with van der Waals surface area (Å²) in [6, 6.07) is 15.4. The molecule has 0 fully saturated rings. The third kappa shape index (κ3) is 3.48. The molecule has 4 heteroatoms. The fraction of sp³-hybridized carbons (Fsp3) is 0.238. The van der Waals surface area contributed by atoms with Gasteiger partial charge in [-0.15, -0.1) is 0 Å². The van der Waals surface area contributed by atoms with Crippen molar-refractivity contribution >= 4 is 16.9 Å². The van der Waals surface area contributed by atoms with Crippen molar-refractivity contribution in [2.75, 3.05) is 0 Å². The van der Waals surface area contributed by atoms with E-state index in [1.165, 1.54) is 0 Å². The first-order chi connectivity index (χ1) is 12.0. The predicted octanol–water partition coefficient (Wildman–Crippen LogP) is 4.41. The van der Waals surface area contributed by atoms with Crippen molar-refractivity contribution in [2.45, 2.75) is 33.4 Å². The lowest BCUT2D eigenvalue weighted by Crippen LogP contribution is -2.29. The summed E-state index contributed by atoms with van der Waals surface area (Å²) in [4.78, 5) is 17.4. The molecule has 0 bridgehead atoms. The molecule has 0 aliphatic carbocycles. The van der Waals surface area contributed by atoms with E-state index < -0.39 is 0 Å². The molecule has 1 amide bonds. The molecule has 0 aliphatic heterocycles. The molecule has 3 rings (SSSR count). The average Bonchev–Trinajstić information content (AvgIpc) is 2.93. The highest BCUT2D eigenvalue weighted by Crippen LogP contribution is 2.22. The zero-order valence-corrected chi connectivity index (χ0v) is 14.9. The van der Waals surface area contributed by atoms with E-state index in [9.17, 15) is 4.79 Å². The third-order valence-corrected chi connectivity index (χ3v) is 4.24. The summed E-state index contributed by atoms with van der Waals surface area (Å²) in [5.74, 6) is 0.755. The van der Waals surface area contributed by atoms with E-state index in [4.69, 9.17) is 4.98 Å². The Morgan fingerprint density at radius 3 is 2.60 bits per heavy atom. The van der Waals surface area contributed by atoms with E-state index in [-0.39, 0.29) is 11.9 Å². The number of carbonyl (C=O) groups excluding carboxylic acids is 1. The van der Waals surface area contributed by atoms with E-state index in [0.29, 0.717) is 12.1 Å². The van der Waals surface area contributed by atoms with Crippen molar-refractivity contribution < 1.29 is 4.79 Å². The topological polar surface area (TPSA) is 46.9 Å². The van der Waals surface area contributed by atoms with Crippen molar-refractivity contribution in [3.63, 3.8) is 0 Å². The number of fused-ring (bicyclic) bond motifs is 1. The van der Waals surface area contributed by atoms with Gasteiger partial charge in [-0.2, -0.15) is 0 Å². The van der Waals surface area contributed by atoms with Crippen molar-refractivity contribution in [3.05, 3.63) is 77.6 Å². The largest absolute Gasteiger partial charge is 0.342 e. The Kier molecular flexibility index (Phi) is 4.70. The zero-order chi connectivity index (χ0) is 18.0. The summed E-state index contributed by atoms with van der Waals surface area (Å²) in [5.41, 5.74) is 4.68. The maximum absolute atomic E-state index is 12.6. The maximum atomic E-state index is 12.6. The molecular weight excluding hydrogens is 310 g/mol. The van der Waals surface area contributed by atoms with E-state index in [1.807, 2.05) is 69.3 Å². The fourth-order valence-corrected chi connectivity index (χ4v) is 3.03. The Morgan fingerprint density at radius 2 is 1.88 bits per heavy atom. The lowest BCUT2D eigenvalue weighted by molar-refractivity contribution is 0.0937. The summed E-state index contributed by atoms with van der Waals surface area (Å²) in [6.07, 6.45) is 0. The highest BCUT2D eigenvalue weighted by molar-refractivity contribution is 5.95. The Hall–Kier alpha value is -2.88. The second kappa shape index (κ2) is 6.93. The number of aryl methyl sites for hydroxylation is 1. The molecule has 1 heterocycles. The van der Waals surface area contributed by atoms with Crippen LogP contribution in [0.3, 0.4) is 0 Å². The van der Waals surface area contributed by atoms with Gasteiger partial charge in [0, 0.05) is 12.1 Å². The highest BCUT2D eigenvalue weighted by atomic mass is 16.1. The number of nitrogens with zero attached hydrogens (tertiary/aromatic N) is 2. The number of allylic oxidation sites excluding steroid dienone is 1. The number of hydrogen-bond donors (Lipinski definition) is 1. The van der Waals surface area contributed by atoms with E-state index in [1.54, 1.807) is 0 Å². The molecule has 0 radical (unpaired) electrons. The number of para-hydroxylation sites is 2. The fourth-order valence-electron chi connectivity index (χ4n) is 3.03. The minimum absolute atomic E-state index is 0.0838. The van der Waals surface area contributed by atoms with Gasteiger partial charge in [-0.3, -0.25) is 4.79 Å². The first-order valence-corrected chi connectivity index (χ1v) is 8.43. The minimum Gasteiger partial charge on any atom is -0.342 e. The molecule has 25 heavy (non-hydrogen) atoms. The standard InChI is InChI=1S/C21H23N3O/c1-14(2)13-24-19-12-8-7-11-18(19)23-20(24)16(4)22-21(25)17-10-6-5-9-15(17)3/h5-12,16H,1,13H2,2-4H3,(H,22,25). The van der Waals surface area contributed by atoms with Gasteiger partial charge >= 0.3 is 0 Å². The van der Waals surface area contributed by atoms with Crippen LogP contribution in [0.2, 0.25) is 0 Å². The first-order valence-electron chi connectivity index (χ1n) is 8.43. The number of rotatable bonds is 5. The third-order valence-electron chi connectivity index (χ3n) is 4.24. The molecule has 0 saturated carbocycles. The lowest BCUT2D eigenvalue weighted by atomic mass is 10.1. The van der Waals surface area contributed by atoms with Crippen molar-refractivity contribution in [2.24, 2.45) is 0 Å². The van der Waals surface area contributed by atoms with Gasteiger partial charge in [0.15, 0.2) is 0 Å². The first kappa shape index (κ1) is 17.0. The summed E-state index contributed by atoms with van der Waals surface area (Å²) in [7, 11) is 0. The lowest BCUT2D eigenvalue weighted by Gasteiger charge is -2.17. The van der Waals surface area contributed by atoms with Crippen molar-refractivity contribution in [3.8, 4) is 0 Å². The average molecular weight is 333 g/mol. The van der Waals surface area contributed by atoms with Crippen LogP contribution in [0, 0.1) is 6.92 Å². The molecule has 1 atom stereocenters. The van der Waals surface area contributed by atoms with E-state index in [0.717, 1.165) is 28.0 Å². The number of hydrogen-bond acceptors (Lipinski definition) is 2. The molecule has 1 aromatic heterocycles. The predicted molar refractivity (Wildman–Crippen MR) is 102 cm³/mol. The van der Waals surface area contributed by atoms with Crippen LogP contribution < -0.4 is 5.32 Å². The highest BCUT2D eigenvalue weighted by Gasteiger charge is 2.19. The van der Waals surface area contributed by atoms with Crippen LogP contribution in [-0.2, 0) is 6.54 Å². The number of nitrogens with one attached hydrogen (secondary N) is 1. The molecule has 3 aromatic rings. The van der Waals surface area contributed by atoms with Crippen LogP contribution in [-0.4, -0.2) is 15.5 Å². The SMILES string of the molecule is C=C(C)Cn1c(C(C)NC(=O)c2ccccc2C)nc2ccccc21. The second-order valence-corrected chi connectivity index (χ2v) is 6.51. The number of imidazole rings is 1. The van der Waals surface area contributed by atoms with Gasteiger partial charge in [0.1, 0.15) is 5.82 Å². The molecular formula is C21H23N3O. The van der Waals surface area contributed by atoms with Crippen LogP contribution in [0.4, 0.5) is 0 Å². The van der Waals surface area contributed by atoms with E-state index >= 15 is 0 Å². The number of carbonyl (C=O) groups is 1. The van der Waals surface area contributed by atoms with Gasteiger partial charge in [0.25, 0.3) is 5.91 Å². The van der Waals surface area contributed by atoms with Crippen LogP contribution in [0.5, 0.6) is 0 Å². The van der Waals surface area contributed by atoms with Gasteiger partial charge in [0.2, 0.25) is 0 Å². The molecule has 0 saturated heterocycles. The Labute approximate surface area is 148 Å². The van der Waals surface area contributed by atoms with Gasteiger partial charge < -0.3 is 9.88 Å². The molecule has 1 unspecified atom stereocenters. The van der Waals surface area contributed by atoms with E-state index in [2.05, 4.69) is 16.5 Å². The molecule has 1 N–H and O–H groups in total. The maximum Gasteiger partial charge on any atom is 0.252 e. The number of benzene rings is 2. The van der Waals surface area contributed by atoms with Gasteiger partial charge in [-0.05, 0) is 44.5 Å². The summed E-state index contributed by atoms with van der Waals surface area (Å²) in [5, 5.41) is 3.08. The van der Waals surface area contributed by atoms with Gasteiger partial charge in [-0.1, -0.05) is 42.5 Å².